The van der Waals surface area contributed by atoms with Crippen LogP contribution in [0.1, 0.15) is 25.3 Å². The van der Waals surface area contributed by atoms with E-state index in [1.165, 1.54) is 16.7 Å². The van der Waals surface area contributed by atoms with Crippen LogP contribution in [0.3, 0.4) is 0 Å². The largest absolute Gasteiger partial charge is 0.315 e. The summed E-state index contributed by atoms with van der Waals surface area (Å²) in [5.41, 5.74) is 1.39. The van der Waals surface area contributed by atoms with Crippen LogP contribution in [0.4, 0.5) is 0 Å². The predicted molar refractivity (Wildman–Crippen MR) is 81.7 cm³/mol. The Labute approximate surface area is 120 Å². The van der Waals surface area contributed by atoms with Crippen molar-refractivity contribution in [3.63, 3.8) is 0 Å². The number of thioether (sulfide) groups is 1. The summed E-state index contributed by atoms with van der Waals surface area (Å²) >= 11 is 1.88. The number of hydrogen-bond acceptors (Lipinski definition) is 4. The van der Waals surface area contributed by atoms with E-state index < -0.39 is 14.6 Å². The molecule has 0 radical (unpaired) electrons. The van der Waals surface area contributed by atoms with Crippen LogP contribution in [0, 0.1) is 0 Å². The van der Waals surface area contributed by atoms with Gasteiger partial charge in [0.2, 0.25) is 0 Å². The molecule has 1 aliphatic rings. The molecule has 0 bridgehead atoms. The molecule has 0 aliphatic carbocycles. The number of nitrogens with one attached hydrogen (secondary N) is 1. The molecule has 2 rings (SSSR count). The van der Waals surface area contributed by atoms with Gasteiger partial charge in [0.15, 0.2) is 9.84 Å². The minimum atomic E-state index is -3.03. The molecule has 1 N–H and O–H groups in total. The van der Waals surface area contributed by atoms with Gasteiger partial charge >= 0.3 is 0 Å². The Morgan fingerprint density at radius 2 is 2.05 bits per heavy atom. The summed E-state index contributed by atoms with van der Waals surface area (Å²) in [4.78, 5) is 1.36. The predicted octanol–water partition coefficient (Wildman–Crippen LogP) is 2.29. The second-order valence-corrected chi connectivity index (χ2v) is 9.42. The van der Waals surface area contributed by atoms with Crippen molar-refractivity contribution in [2.45, 2.75) is 29.4 Å². The lowest BCUT2D eigenvalue weighted by Crippen LogP contribution is -2.42. The van der Waals surface area contributed by atoms with E-state index in [1.807, 2.05) is 11.8 Å². The summed E-state index contributed by atoms with van der Waals surface area (Å²) in [6.45, 7) is 4.87. The van der Waals surface area contributed by atoms with Gasteiger partial charge in [-0.05, 0) is 25.5 Å². The molecule has 1 atom stereocenters. The lowest BCUT2D eigenvalue weighted by Gasteiger charge is -2.24. The maximum atomic E-state index is 11.6. The lowest BCUT2D eigenvalue weighted by molar-refractivity contribution is 0.512. The fraction of sp³-hybridized carbons (Fsp3) is 0.571. The maximum absolute atomic E-state index is 11.6. The van der Waals surface area contributed by atoms with Crippen molar-refractivity contribution < 1.29 is 8.42 Å². The van der Waals surface area contributed by atoms with Gasteiger partial charge in [-0.15, -0.1) is 11.8 Å². The van der Waals surface area contributed by atoms with E-state index in [1.54, 1.807) is 13.8 Å². The van der Waals surface area contributed by atoms with Crippen LogP contribution in [0.15, 0.2) is 29.2 Å². The zero-order chi connectivity index (χ0) is 14.1. The van der Waals surface area contributed by atoms with Gasteiger partial charge in [0.1, 0.15) is 0 Å². The average Bonchev–Trinajstić information content (AvgIpc) is 2.71. The first-order valence-electron chi connectivity index (χ1n) is 6.43. The second-order valence-electron chi connectivity index (χ2n) is 5.71. The topological polar surface area (TPSA) is 46.2 Å². The molecule has 1 unspecified atom stereocenters. The SMILES string of the molecule is CC(C)(CNCC1CSc2ccccc21)S(C)(=O)=O. The minimum absolute atomic E-state index is 0.483. The molecule has 0 aromatic heterocycles. The van der Waals surface area contributed by atoms with Crippen LogP contribution in [-0.4, -0.2) is 38.3 Å². The van der Waals surface area contributed by atoms with E-state index in [9.17, 15) is 8.42 Å². The van der Waals surface area contributed by atoms with Crippen molar-refractivity contribution >= 4 is 21.6 Å². The Kier molecular flexibility index (Phi) is 4.28. The summed E-state index contributed by atoms with van der Waals surface area (Å²) in [6, 6.07) is 8.45. The Balaban J connectivity index is 1.92. The van der Waals surface area contributed by atoms with Crippen LogP contribution in [-0.2, 0) is 9.84 Å². The molecule has 19 heavy (non-hydrogen) atoms. The van der Waals surface area contributed by atoms with Gasteiger partial charge in [-0.1, -0.05) is 18.2 Å². The Morgan fingerprint density at radius 3 is 2.74 bits per heavy atom. The zero-order valence-corrected chi connectivity index (χ0v) is 13.3. The van der Waals surface area contributed by atoms with E-state index >= 15 is 0 Å². The average molecular weight is 299 g/mol. The van der Waals surface area contributed by atoms with Crippen LogP contribution in [0.25, 0.3) is 0 Å². The molecule has 0 spiro atoms. The summed E-state index contributed by atoms with van der Waals surface area (Å²) in [5.74, 6) is 1.56. The minimum Gasteiger partial charge on any atom is -0.315 e. The number of rotatable bonds is 5. The molecule has 1 aromatic rings. The van der Waals surface area contributed by atoms with E-state index in [-0.39, 0.29) is 0 Å². The number of sulfone groups is 1. The zero-order valence-electron chi connectivity index (χ0n) is 11.6. The second kappa shape index (κ2) is 5.46. The quantitative estimate of drug-likeness (QED) is 0.906. The van der Waals surface area contributed by atoms with Crippen molar-refractivity contribution in [2.24, 2.45) is 0 Å². The first kappa shape index (κ1) is 14.9. The Bertz CT molecular complexity index is 552. The maximum Gasteiger partial charge on any atom is 0.153 e. The third-order valence-corrected chi connectivity index (χ3v) is 7.15. The summed E-state index contributed by atoms with van der Waals surface area (Å²) in [7, 11) is -3.03. The van der Waals surface area contributed by atoms with Crippen LogP contribution >= 0.6 is 11.8 Å². The number of fused-ring (bicyclic) bond motifs is 1. The summed E-state index contributed by atoms with van der Waals surface area (Å²) < 4.78 is 22.6. The Hall–Kier alpha value is -0.520. The number of benzene rings is 1. The van der Waals surface area contributed by atoms with Gasteiger partial charge in [0.05, 0.1) is 4.75 Å². The fourth-order valence-electron chi connectivity index (χ4n) is 2.08. The van der Waals surface area contributed by atoms with Gasteiger partial charge in [-0.2, -0.15) is 0 Å². The van der Waals surface area contributed by atoms with Gasteiger partial charge in [-0.3, -0.25) is 0 Å². The molecule has 0 saturated carbocycles. The monoisotopic (exact) mass is 299 g/mol. The molecule has 1 aromatic carbocycles. The van der Waals surface area contributed by atoms with Gasteiger partial charge in [0, 0.05) is 35.9 Å². The van der Waals surface area contributed by atoms with Gasteiger partial charge < -0.3 is 5.32 Å². The molecule has 1 heterocycles. The highest BCUT2D eigenvalue weighted by atomic mass is 32.2. The highest BCUT2D eigenvalue weighted by molar-refractivity contribution is 7.99. The van der Waals surface area contributed by atoms with Crippen molar-refractivity contribution in [3.05, 3.63) is 29.8 Å². The molecular formula is C14H21NO2S2. The third-order valence-electron chi connectivity index (χ3n) is 3.74. The van der Waals surface area contributed by atoms with Crippen molar-refractivity contribution in [3.8, 4) is 0 Å². The molecule has 0 fully saturated rings. The molecular weight excluding hydrogens is 278 g/mol. The highest BCUT2D eigenvalue weighted by Gasteiger charge is 2.30. The summed E-state index contributed by atoms with van der Waals surface area (Å²) in [5, 5.41) is 3.32. The van der Waals surface area contributed by atoms with Crippen LogP contribution < -0.4 is 5.32 Å². The molecule has 106 valence electrons. The lowest BCUT2D eigenvalue weighted by atomic mass is 10.0. The third kappa shape index (κ3) is 3.33. The molecule has 5 heteroatoms. The molecule has 3 nitrogen and oxygen atoms in total. The van der Waals surface area contributed by atoms with Crippen molar-refractivity contribution in [2.75, 3.05) is 25.1 Å². The first-order valence-corrected chi connectivity index (χ1v) is 9.31. The Morgan fingerprint density at radius 1 is 1.37 bits per heavy atom. The number of hydrogen-bond donors (Lipinski definition) is 1. The van der Waals surface area contributed by atoms with Crippen molar-refractivity contribution in [1.29, 1.82) is 0 Å². The first-order chi connectivity index (χ1) is 8.81. The van der Waals surface area contributed by atoms with Crippen LogP contribution in [0.2, 0.25) is 0 Å². The van der Waals surface area contributed by atoms with E-state index in [0.717, 1.165) is 12.3 Å². The molecule has 1 aliphatic heterocycles. The van der Waals surface area contributed by atoms with E-state index in [0.29, 0.717) is 12.5 Å². The summed E-state index contributed by atoms with van der Waals surface area (Å²) in [6.07, 6.45) is 1.30. The van der Waals surface area contributed by atoms with Crippen LogP contribution in [0.5, 0.6) is 0 Å². The van der Waals surface area contributed by atoms with Gasteiger partial charge in [-0.25, -0.2) is 8.42 Å². The molecule has 0 saturated heterocycles. The standard InChI is InChI=1S/C14H21NO2S2/c1-14(2,19(3,16)17)10-15-8-11-9-18-13-7-5-4-6-12(11)13/h4-7,11,15H,8-10H2,1-3H3. The van der Waals surface area contributed by atoms with E-state index in [2.05, 4.69) is 29.6 Å². The fourth-order valence-corrected chi connectivity index (χ4v) is 3.70. The molecule has 0 amide bonds. The van der Waals surface area contributed by atoms with E-state index in [4.69, 9.17) is 0 Å². The van der Waals surface area contributed by atoms with Crippen molar-refractivity contribution in [1.82, 2.24) is 5.32 Å². The highest BCUT2D eigenvalue weighted by Crippen LogP contribution is 2.38. The van der Waals surface area contributed by atoms with Gasteiger partial charge in [0.25, 0.3) is 0 Å². The smallest absolute Gasteiger partial charge is 0.153 e. The normalized spacial score (nSPS) is 19.4.